The molecule has 0 radical (unpaired) electrons. The van der Waals surface area contributed by atoms with Gasteiger partial charge < -0.3 is 4.90 Å². The number of para-hydroxylation sites is 1. The molecule has 2 heterocycles. The van der Waals surface area contributed by atoms with E-state index in [9.17, 15) is 14.4 Å². The second kappa shape index (κ2) is 7.20. The molecule has 2 aromatic rings. The molecule has 28 heavy (non-hydrogen) atoms. The molecule has 0 bridgehead atoms. The van der Waals surface area contributed by atoms with Crippen LogP contribution in [-0.2, 0) is 4.79 Å². The van der Waals surface area contributed by atoms with E-state index < -0.39 is 6.17 Å². The zero-order valence-corrected chi connectivity index (χ0v) is 16.1. The zero-order valence-electron chi connectivity index (χ0n) is 16.1. The van der Waals surface area contributed by atoms with Crippen LogP contribution in [0.25, 0.3) is 0 Å². The maximum absolute atomic E-state index is 13.0. The number of fused-ring (bicyclic) bond motifs is 1. The predicted octanol–water partition coefficient (Wildman–Crippen LogP) is 2.59. The molecule has 0 aromatic heterocycles. The predicted molar refractivity (Wildman–Crippen MR) is 108 cm³/mol. The Labute approximate surface area is 164 Å². The number of piperazine rings is 1. The fourth-order valence-corrected chi connectivity index (χ4v) is 4.08. The van der Waals surface area contributed by atoms with E-state index in [1.165, 1.54) is 6.92 Å². The summed E-state index contributed by atoms with van der Waals surface area (Å²) in [5, 5.41) is 0. The maximum atomic E-state index is 13.0. The van der Waals surface area contributed by atoms with Gasteiger partial charge in [-0.25, -0.2) is 0 Å². The molecule has 0 spiro atoms. The third-order valence-electron chi connectivity index (χ3n) is 5.55. The van der Waals surface area contributed by atoms with Crippen LogP contribution in [0.2, 0.25) is 0 Å². The number of carbonyl (C=O) groups is 3. The van der Waals surface area contributed by atoms with Crippen molar-refractivity contribution in [3.05, 3.63) is 59.7 Å². The number of hydrogen-bond donors (Lipinski definition) is 0. The van der Waals surface area contributed by atoms with Crippen LogP contribution in [0.1, 0.15) is 34.6 Å². The molecule has 0 aliphatic carbocycles. The number of anilines is 2. The van der Waals surface area contributed by atoms with Gasteiger partial charge in [0.1, 0.15) is 0 Å². The normalized spacial score (nSPS) is 19.6. The summed E-state index contributed by atoms with van der Waals surface area (Å²) in [4.78, 5) is 42.7. The highest BCUT2D eigenvalue weighted by molar-refractivity contribution is 6.17. The van der Waals surface area contributed by atoms with Crippen LogP contribution in [0.3, 0.4) is 0 Å². The monoisotopic (exact) mass is 377 g/mol. The molecule has 2 aliphatic rings. The number of carbonyl (C=O) groups excluding carboxylic acids is 3. The van der Waals surface area contributed by atoms with Crippen LogP contribution in [-0.4, -0.2) is 54.7 Å². The second-order valence-electron chi connectivity index (χ2n) is 7.27. The highest BCUT2D eigenvalue weighted by atomic mass is 16.2. The summed E-state index contributed by atoms with van der Waals surface area (Å²) >= 11 is 0. The molecule has 2 aliphatic heterocycles. The highest BCUT2D eigenvalue weighted by Gasteiger charge is 2.43. The van der Waals surface area contributed by atoms with Gasteiger partial charge in [-0.05, 0) is 43.3 Å². The van der Waals surface area contributed by atoms with Gasteiger partial charge in [-0.2, -0.15) is 0 Å². The molecular formula is C22H23N3O3. The second-order valence-corrected chi connectivity index (χ2v) is 7.27. The van der Waals surface area contributed by atoms with Gasteiger partial charge in [0.25, 0.3) is 0 Å². The Hall–Kier alpha value is -2.99. The summed E-state index contributed by atoms with van der Waals surface area (Å²) in [7, 11) is 0. The van der Waals surface area contributed by atoms with Crippen LogP contribution < -0.4 is 9.80 Å². The Kier molecular flexibility index (Phi) is 4.73. The van der Waals surface area contributed by atoms with Gasteiger partial charge in [-0.3, -0.25) is 24.2 Å². The quantitative estimate of drug-likeness (QED) is 0.770. The van der Waals surface area contributed by atoms with Crippen molar-refractivity contribution in [3.8, 4) is 0 Å². The van der Waals surface area contributed by atoms with E-state index in [0.717, 1.165) is 18.8 Å². The van der Waals surface area contributed by atoms with Crippen molar-refractivity contribution in [2.24, 2.45) is 0 Å². The van der Waals surface area contributed by atoms with Crippen LogP contribution in [0.15, 0.2) is 48.5 Å². The summed E-state index contributed by atoms with van der Waals surface area (Å²) in [5.74, 6) is -0.0735. The van der Waals surface area contributed by atoms with E-state index in [1.807, 2.05) is 42.5 Å². The van der Waals surface area contributed by atoms with Gasteiger partial charge in [0.2, 0.25) is 11.7 Å². The van der Waals surface area contributed by atoms with Crippen molar-refractivity contribution in [2.45, 2.75) is 20.0 Å². The lowest BCUT2D eigenvalue weighted by molar-refractivity contribution is -0.117. The number of amides is 1. The number of ketones is 2. The van der Waals surface area contributed by atoms with Gasteiger partial charge in [0.05, 0.1) is 5.69 Å². The molecule has 1 amide bonds. The smallest absolute Gasteiger partial charge is 0.225 e. The van der Waals surface area contributed by atoms with Gasteiger partial charge in [0, 0.05) is 49.9 Å². The third-order valence-corrected chi connectivity index (χ3v) is 5.55. The topological polar surface area (TPSA) is 60.9 Å². The van der Waals surface area contributed by atoms with Crippen molar-refractivity contribution in [1.82, 2.24) is 4.90 Å². The number of Topliss-reactive ketones (excluding diaryl/α,β-unsaturated/α-hetero) is 2. The molecule has 0 N–H and O–H groups in total. The summed E-state index contributed by atoms with van der Waals surface area (Å²) in [6, 6.07) is 14.9. The van der Waals surface area contributed by atoms with Crippen LogP contribution in [0.4, 0.5) is 11.4 Å². The largest absolute Gasteiger partial charge is 0.369 e. The minimum absolute atomic E-state index is 0.00920. The van der Waals surface area contributed by atoms with Crippen LogP contribution in [0, 0.1) is 0 Å². The number of benzene rings is 2. The molecule has 1 fully saturated rings. The fourth-order valence-electron chi connectivity index (χ4n) is 4.08. The summed E-state index contributed by atoms with van der Waals surface area (Å²) in [6.07, 6.45) is -0.558. The summed E-state index contributed by atoms with van der Waals surface area (Å²) in [5.41, 5.74) is 3.08. The minimum Gasteiger partial charge on any atom is -0.369 e. The molecule has 6 nitrogen and oxygen atoms in total. The van der Waals surface area contributed by atoms with Crippen molar-refractivity contribution in [1.29, 1.82) is 0 Å². The van der Waals surface area contributed by atoms with Gasteiger partial charge in [-0.15, -0.1) is 0 Å². The number of nitrogens with zero attached hydrogens (tertiary/aromatic N) is 3. The van der Waals surface area contributed by atoms with E-state index in [0.29, 0.717) is 29.9 Å². The van der Waals surface area contributed by atoms with Crippen LogP contribution >= 0.6 is 0 Å². The highest BCUT2D eigenvalue weighted by Crippen LogP contribution is 2.34. The van der Waals surface area contributed by atoms with E-state index in [2.05, 4.69) is 9.80 Å². The van der Waals surface area contributed by atoms with Crippen molar-refractivity contribution in [3.63, 3.8) is 0 Å². The Morgan fingerprint density at radius 2 is 1.54 bits per heavy atom. The van der Waals surface area contributed by atoms with E-state index in [4.69, 9.17) is 0 Å². The lowest BCUT2D eigenvalue weighted by atomic mass is 10.1. The molecule has 0 unspecified atom stereocenters. The summed E-state index contributed by atoms with van der Waals surface area (Å²) < 4.78 is 0. The first-order valence-corrected chi connectivity index (χ1v) is 9.50. The molecule has 0 saturated carbocycles. The Morgan fingerprint density at radius 1 is 0.893 bits per heavy atom. The van der Waals surface area contributed by atoms with E-state index >= 15 is 0 Å². The van der Waals surface area contributed by atoms with E-state index in [1.54, 1.807) is 17.9 Å². The molecular weight excluding hydrogens is 354 g/mol. The first kappa shape index (κ1) is 18.4. The fraction of sp³-hybridized carbons (Fsp3) is 0.318. The van der Waals surface area contributed by atoms with E-state index in [-0.39, 0.29) is 17.5 Å². The van der Waals surface area contributed by atoms with Crippen LogP contribution in [0.5, 0.6) is 0 Å². The standard InChI is InChI=1S/C22H23N3O3/c1-15(26)17-7-9-18(10-8-17)23-11-13-24(14-12-23)22-21(28)19-5-3-4-6-20(19)25(22)16(2)27/h3-10,22H,11-14H2,1-2H3/t22-/m0/s1. The summed E-state index contributed by atoms with van der Waals surface area (Å²) in [6.45, 7) is 5.95. The molecule has 4 rings (SSSR count). The van der Waals surface area contributed by atoms with Gasteiger partial charge >= 0.3 is 0 Å². The number of rotatable bonds is 3. The average Bonchev–Trinajstić information content (AvgIpc) is 3.01. The third kappa shape index (κ3) is 3.10. The Bertz CT molecular complexity index is 930. The Morgan fingerprint density at radius 3 is 2.14 bits per heavy atom. The Balaban J connectivity index is 1.50. The lowest BCUT2D eigenvalue weighted by Crippen LogP contribution is -2.58. The molecule has 2 aromatic carbocycles. The molecule has 1 atom stereocenters. The van der Waals surface area contributed by atoms with Gasteiger partial charge in [-0.1, -0.05) is 12.1 Å². The molecule has 1 saturated heterocycles. The maximum Gasteiger partial charge on any atom is 0.225 e. The first-order valence-electron chi connectivity index (χ1n) is 9.50. The van der Waals surface area contributed by atoms with Crippen molar-refractivity contribution < 1.29 is 14.4 Å². The van der Waals surface area contributed by atoms with Crippen molar-refractivity contribution in [2.75, 3.05) is 36.0 Å². The number of hydrogen-bond acceptors (Lipinski definition) is 5. The lowest BCUT2D eigenvalue weighted by Gasteiger charge is -2.40. The molecule has 144 valence electrons. The molecule has 6 heteroatoms. The SMILES string of the molecule is CC(=O)c1ccc(N2CCN([C@@H]3C(=O)c4ccccc4N3C(C)=O)CC2)cc1. The van der Waals surface area contributed by atoms with Crippen molar-refractivity contribution >= 4 is 28.8 Å². The minimum atomic E-state index is -0.558. The zero-order chi connectivity index (χ0) is 19.8. The van der Waals surface area contributed by atoms with Gasteiger partial charge in [0.15, 0.2) is 11.9 Å². The average molecular weight is 377 g/mol. The first-order chi connectivity index (χ1) is 13.5.